The number of hydrogen-bond donors (Lipinski definition) is 0. The number of allylic oxidation sites excluding steroid dienone is 2. The van der Waals surface area contributed by atoms with E-state index in [0.29, 0.717) is 31.4 Å². The molecule has 3 aromatic carbocycles. The Balaban J connectivity index is 1.40. The van der Waals surface area contributed by atoms with E-state index in [-0.39, 0.29) is 47.5 Å². The Kier molecular flexibility index (Phi) is 9.49. The molecule has 1 aliphatic carbocycles. The van der Waals surface area contributed by atoms with E-state index in [2.05, 4.69) is 0 Å². The van der Waals surface area contributed by atoms with Gasteiger partial charge in [0.1, 0.15) is 18.2 Å². The normalized spacial score (nSPS) is 15.2. The molecule has 1 atom stereocenters. The number of rotatable bonds is 11. The fourth-order valence-corrected chi connectivity index (χ4v) is 4.62. The highest BCUT2D eigenvalue weighted by Crippen LogP contribution is 2.39. The highest BCUT2D eigenvalue weighted by Gasteiger charge is 2.24. The Bertz CT molecular complexity index is 1340. The van der Waals surface area contributed by atoms with Crippen molar-refractivity contribution in [1.29, 1.82) is 0 Å². The largest absolute Gasteiger partial charge is 0.491 e. The number of hydrogen-bond acceptors (Lipinski definition) is 3. The molecule has 0 aromatic heterocycles. The van der Waals surface area contributed by atoms with Crippen molar-refractivity contribution in [2.45, 2.75) is 58.5 Å². The Morgan fingerprint density at radius 3 is 2.23 bits per heavy atom. The summed E-state index contributed by atoms with van der Waals surface area (Å²) in [6.45, 7) is 3.90. The molecule has 0 aliphatic heterocycles. The minimum absolute atomic E-state index is 0.0150. The summed E-state index contributed by atoms with van der Waals surface area (Å²) in [5.41, 5.74) is 1.40. The molecule has 4 rings (SSSR count). The second kappa shape index (κ2) is 13.0. The van der Waals surface area contributed by atoms with Gasteiger partial charge in [-0.1, -0.05) is 25.5 Å². The molecule has 1 aliphatic rings. The van der Waals surface area contributed by atoms with Gasteiger partial charge >= 0.3 is 0 Å². The van der Waals surface area contributed by atoms with Crippen molar-refractivity contribution in [2.75, 3.05) is 13.2 Å². The van der Waals surface area contributed by atoms with E-state index in [1.54, 1.807) is 25.1 Å². The third-order valence-electron chi connectivity index (χ3n) is 6.79. The van der Waals surface area contributed by atoms with Gasteiger partial charge in [0.25, 0.3) is 0 Å². The van der Waals surface area contributed by atoms with Gasteiger partial charge < -0.3 is 14.2 Å². The minimum Gasteiger partial charge on any atom is -0.491 e. The predicted molar refractivity (Wildman–Crippen MR) is 140 cm³/mol. The van der Waals surface area contributed by atoms with Crippen molar-refractivity contribution in [3.63, 3.8) is 0 Å². The third kappa shape index (κ3) is 6.54. The number of unbranched alkanes of at least 4 members (excludes halogenated alkanes) is 1. The average molecular weight is 547 g/mol. The Morgan fingerprint density at radius 1 is 0.795 bits per heavy atom. The summed E-state index contributed by atoms with van der Waals surface area (Å²) in [6.07, 6.45) is 4.87. The van der Waals surface area contributed by atoms with E-state index in [9.17, 15) is 22.0 Å². The molecule has 0 saturated carbocycles. The molecule has 0 fully saturated rings. The maximum Gasteiger partial charge on any atom is 0.201 e. The van der Waals surface area contributed by atoms with Crippen LogP contribution < -0.4 is 14.2 Å². The molecule has 208 valence electrons. The molecule has 0 N–H and O–H groups in total. The highest BCUT2D eigenvalue weighted by atomic mass is 19.2. The van der Waals surface area contributed by atoms with Crippen LogP contribution in [0.15, 0.2) is 48.5 Å². The molecule has 0 bridgehead atoms. The van der Waals surface area contributed by atoms with E-state index in [1.807, 2.05) is 13.0 Å². The molecule has 0 spiro atoms. The SMILES string of the molecule is CCCCOc1ccc(COc2ccc(C3=CCC(c4ccc(OCC)c(F)c4F)CC3)c(F)c2)c(F)c1F. The van der Waals surface area contributed by atoms with E-state index in [4.69, 9.17) is 14.2 Å². The Labute approximate surface area is 225 Å². The quantitative estimate of drug-likeness (QED) is 0.178. The summed E-state index contributed by atoms with van der Waals surface area (Å²) in [7, 11) is 0. The van der Waals surface area contributed by atoms with Gasteiger partial charge in [-0.15, -0.1) is 0 Å². The van der Waals surface area contributed by atoms with Gasteiger partial charge in [0.2, 0.25) is 11.6 Å². The van der Waals surface area contributed by atoms with Gasteiger partial charge in [-0.3, -0.25) is 0 Å². The van der Waals surface area contributed by atoms with Gasteiger partial charge in [-0.05, 0) is 80.0 Å². The maximum absolute atomic E-state index is 15.0. The van der Waals surface area contributed by atoms with Gasteiger partial charge in [0.05, 0.1) is 13.2 Å². The predicted octanol–water partition coefficient (Wildman–Crippen LogP) is 8.89. The smallest absolute Gasteiger partial charge is 0.201 e. The zero-order chi connectivity index (χ0) is 27.9. The van der Waals surface area contributed by atoms with Crippen LogP contribution in [0.3, 0.4) is 0 Å². The number of halogens is 5. The van der Waals surface area contributed by atoms with Crippen LogP contribution in [0.2, 0.25) is 0 Å². The van der Waals surface area contributed by atoms with Gasteiger partial charge in [-0.2, -0.15) is 8.78 Å². The maximum atomic E-state index is 15.0. The van der Waals surface area contributed by atoms with Crippen LogP contribution in [0.1, 0.15) is 68.6 Å². The molecule has 0 radical (unpaired) electrons. The molecule has 0 saturated heterocycles. The van der Waals surface area contributed by atoms with E-state index in [1.165, 1.54) is 24.3 Å². The number of ether oxygens (including phenoxy) is 3. The first-order valence-corrected chi connectivity index (χ1v) is 13.2. The molecule has 8 heteroatoms. The summed E-state index contributed by atoms with van der Waals surface area (Å²) in [4.78, 5) is 0. The van der Waals surface area contributed by atoms with Crippen LogP contribution >= 0.6 is 0 Å². The molecule has 0 heterocycles. The van der Waals surface area contributed by atoms with Crippen molar-refractivity contribution >= 4 is 5.57 Å². The van der Waals surface area contributed by atoms with E-state index < -0.39 is 29.1 Å². The topological polar surface area (TPSA) is 27.7 Å². The van der Waals surface area contributed by atoms with Gasteiger partial charge in [0.15, 0.2) is 23.1 Å². The van der Waals surface area contributed by atoms with E-state index in [0.717, 1.165) is 18.4 Å². The van der Waals surface area contributed by atoms with Gasteiger partial charge in [0, 0.05) is 17.2 Å². The first-order chi connectivity index (χ1) is 18.8. The van der Waals surface area contributed by atoms with Crippen molar-refractivity contribution in [1.82, 2.24) is 0 Å². The second-order valence-corrected chi connectivity index (χ2v) is 9.40. The zero-order valence-electron chi connectivity index (χ0n) is 22.0. The molecular formula is C31H31F5O3. The van der Waals surface area contributed by atoms with Crippen molar-refractivity contribution in [3.8, 4) is 17.2 Å². The summed E-state index contributed by atoms with van der Waals surface area (Å²) in [5, 5.41) is 0. The monoisotopic (exact) mass is 546 g/mol. The minimum atomic E-state index is -1.08. The standard InChI is InChI=1S/C31H31F5O3/c1-3-5-16-38-27-14-10-21(28(33)30(27)35)18-39-22-11-12-23(25(32)17-22)19-6-8-20(9-7-19)24-13-15-26(37-4-2)31(36)29(24)34/h6,10-15,17,20H,3-5,7-9,16,18H2,1-2H3. The summed E-state index contributed by atoms with van der Waals surface area (Å²) in [5.74, 6) is -4.91. The lowest BCUT2D eigenvalue weighted by Gasteiger charge is -2.24. The Hall–Kier alpha value is -3.55. The van der Waals surface area contributed by atoms with Crippen LogP contribution in [0.4, 0.5) is 22.0 Å². The fraction of sp³-hybridized carbons (Fsp3) is 0.355. The van der Waals surface area contributed by atoms with Crippen molar-refractivity contribution in [2.24, 2.45) is 0 Å². The average Bonchev–Trinajstić information content (AvgIpc) is 2.94. The van der Waals surface area contributed by atoms with Crippen molar-refractivity contribution in [3.05, 3.63) is 94.3 Å². The van der Waals surface area contributed by atoms with Crippen LogP contribution in [0.25, 0.3) is 5.57 Å². The summed E-state index contributed by atoms with van der Waals surface area (Å²) >= 11 is 0. The van der Waals surface area contributed by atoms with Crippen LogP contribution in [-0.2, 0) is 6.61 Å². The highest BCUT2D eigenvalue weighted by molar-refractivity contribution is 5.67. The molecule has 3 nitrogen and oxygen atoms in total. The van der Waals surface area contributed by atoms with Crippen LogP contribution in [-0.4, -0.2) is 13.2 Å². The summed E-state index contributed by atoms with van der Waals surface area (Å²) in [6, 6.07) is 10.0. The fourth-order valence-electron chi connectivity index (χ4n) is 4.62. The lowest BCUT2D eigenvalue weighted by atomic mass is 9.82. The third-order valence-corrected chi connectivity index (χ3v) is 6.79. The van der Waals surface area contributed by atoms with Crippen LogP contribution in [0, 0.1) is 29.1 Å². The van der Waals surface area contributed by atoms with Gasteiger partial charge in [-0.25, -0.2) is 13.2 Å². The second-order valence-electron chi connectivity index (χ2n) is 9.40. The lowest BCUT2D eigenvalue weighted by Crippen LogP contribution is -2.09. The molecule has 1 unspecified atom stereocenters. The van der Waals surface area contributed by atoms with Crippen molar-refractivity contribution < 1.29 is 36.2 Å². The first-order valence-electron chi connectivity index (χ1n) is 13.2. The summed E-state index contributed by atoms with van der Waals surface area (Å²) < 4.78 is 88.5. The lowest BCUT2D eigenvalue weighted by molar-refractivity contribution is 0.278. The molecular weight excluding hydrogens is 515 g/mol. The van der Waals surface area contributed by atoms with Crippen LogP contribution in [0.5, 0.6) is 17.2 Å². The first kappa shape index (κ1) is 28.5. The zero-order valence-corrected chi connectivity index (χ0v) is 22.0. The number of benzene rings is 3. The Morgan fingerprint density at radius 2 is 1.54 bits per heavy atom. The molecule has 0 amide bonds. The van der Waals surface area contributed by atoms with E-state index >= 15 is 0 Å². The molecule has 3 aromatic rings. The molecule has 39 heavy (non-hydrogen) atoms.